The van der Waals surface area contributed by atoms with Crippen LogP contribution in [0.5, 0.6) is 0 Å². The van der Waals surface area contributed by atoms with E-state index >= 15 is 0 Å². The van der Waals surface area contributed by atoms with Crippen LogP contribution in [0.4, 0.5) is 0 Å². The second-order valence-electron chi connectivity index (χ2n) is 6.30. The van der Waals surface area contributed by atoms with Crippen LogP contribution in [0.15, 0.2) is 16.5 Å². The van der Waals surface area contributed by atoms with E-state index in [1.807, 2.05) is 13.8 Å². The van der Waals surface area contributed by atoms with E-state index in [4.69, 9.17) is 4.42 Å². The average Bonchev–Trinajstić information content (AvgIpc) is 3.21. The summed E-state index contributed by atoms with van der Waals surface area (Å²) < 4.78 is 5.67. The van der Waals surface area contributed by atoms with E-state index in [0.29, 0.717) is 6.42 Å². The average molecular weight is 322 g/mol. The summed E-state index contributed by atoms with van der Waals surface area (Å²) in [5.74, 6) is -0.732. The predicted molar refractivity (Wildman–Crippen MR) is 86.3 cm³/mol. The van der Waals surface area contributed by atoms with Gasteiger partial charge in [0.1, 0.15) is 11.8 Å². The van der Waals surface area contributed by atoms with Crippen LogP contribution >= 0.6 is 0 Å². The van der Waals surface area contributed by atoms with E-state index in [2.05, 4.69) is 17.1 Å². The molecule has 23 heavy (non-hydrogen) atoms. The van der Waals surface area contributed by atoms with Crippen LogP contribution in [0.25, 0.3) is 0 Å². The van der Waals surface area contributed by atoms with Crippen molar-refractivity contribution in [1.82, 2.24) is 10.2 Å². The van der Waals surface area contributed by atoms with Gasteiger partial charge >= 0.3 is 5.97 Å². The zero-order valence-electron chi connectivity index (χ0n) is 14.0. The van der Waals surface area contributed by atoms with Gasteiger partial charge in [-0.05, 0) is 50.9 Å². The molecule has 2 rings (SSSR count). The van der Waals surface area contributed by atoms with Gasteiger partial charge in [-0.2, -0.15) is 0 Å². The molecule has 0 aromatic carbocycles. The molecule has 0 radical (unpaired) electrons. The minimum absolute atomic E-state index is 0.129. The molecule has 3 unspecified atom stereocenters. The highest BCUT2D eigenvalue weighted by atomic mass is 16.4. The van der Waals surface area contributed by atoms with Crippen LogP contribution in [0.1, 0.15) is 62.4 Å². The fourth-order valence-electron chi connectivity index (χ4n) is 2.90. The van der Waals surface area contributed by atoms with Crippen molar-refractivity contribution in [3.63, 3.8) is 0 Å². The van der Waals surface area contributed by atoms with Gasteiger partial charge in [0, 0.05) is 0 Å². The number of nitrogens with one attached hydrogen (secondary N) is 1. The summed E-state index contributed by atoms with van der Waals surface area (Å²) in [5, 5.41) is 11.8. The summed E-state index contributed by atoms with van der Waals surface area (Å²) in [6, 6.07) is 2.64. The van der Waals surface area contributed by atoms with Crippen molar-refractivity contribution in [2.75, 3.05) is 13.1 Å². The number of carboxylic acid groups (broad SMARTS) is 1. The first kappa shape index (κ1) is 17.5. The number of furan rings is 1. The van der Waals surface area contributed by atoms with Crippen molar-refractivity contribution in [2.24, 2.45) is 5.92 Å². The molecular weight excluding hydrogens is 296 g/mol. The van der Waals surface area contributed by atoms with Crippen LogP contribution in [0.3, 0.4) is 0 Å². The fourth-order valence-corrected chi connectivity index (χ4v) is 2.90. The first-order valence-corrected chi connectivity index (χ1v) is 8.31. The largest absolute Gasteiger partial charge is 0.480 e. The zero-order valence-corrected chi connectivity index (χ0v) is 14.0. The highest BCUT2D eigenvalue weighted by Crippen LogP contribution is 2.26. The van der Waals surface area contributed by atoms with E-state index < -0.39 is 17.9 Å². The van der Waals surface area contributed by atoms with Gasteiger partial charge in [-0.25, -0.2) is 4.79 Å². The van der Waals surface area contributed by atoms with E-state index in [1.54, 1.807) is 12.1 Å². The van der Waals surface area contributed by atoms with E-state index in [9.17, 15) is 14.7 Å². The van der Waals surface area contributed by atoms with Crippen LogP contribution in [0.2, 0.25) is 0 Å². The zero-order chi connectivity index (χ0) is 17.0. The number of hydrogen-bond acceptors (Lipinski definition) is 4. The Morgan fingerprint density at radius 2 is 1.96 bits per heavy atom. The minimum Gasteiger partial charge on any atom is -0.480 e. The Kier molecular flexibility index (Phi) is 5.82. The minimum atomic E-state index is -1.02. The number of likely N-dealkylation sites (tertiary alicyclic amines) is 1. The maximum absolute atomic E-state index is 12.3. The Hall–Kier alpha value is -1.82. The summed E-state index contributed by atoms with van der Waals surface area (Å²) in [5.41, 5.74) is 0. The highest BCUT2D eigenvalue weighted by Gasteiger charge is 2.28. The number of hydrogen-bond donors (Lipinski definition) is 2. The molecule has 1 aliphatic heterocycles. The van der Waals surface area contributed by atoms with Gasteiger partial charge in [0.05, 0.1) is 6.04 Å². The van der Waals surface area contributed by atoms with Gasteiger partial charge in [0.25, 0.3) is 5.91 Å². The first-order valence-electron chi connectivity index (χ1n) is 8.31. The smallest absolute Gasteiger partial charge is 0.326 e. The van der Waals surface area contributed by atoms with Gasteiger partial charge in [0.15, 0.2) is 5.76 Å². The number of aliphatic carboxylic acids is 1. The van der Waals surface area contributed by atoms with Crippen LogP contribution in [0, 0.1) is 5.92 Å². The van der Waals surface area contributed by atoms with Gasteiger partial charge in [-0.3, -0.25) is 9.69 Å². The molecule has 2 N–H and O–H groups in total. The van der Waals surface area contributed by atoms with Gasteiger partial charge in [-0.1, -0.05) is 20.3 Å². The molecule has 0 saturated carbocycles. The van der Waals surface area contributed by atoms with Crippen molar-refractivity contribution in [1.29, 1.82) is 0 Å². The summed E-state index contributed by atoms with van der Waals surface area (Å²) >= 11 is 0. The third-order valence-electron chi connectivity index (χ3n) is 4.72. The van der Waals surface area contributed by atoms with Crippen LogP contribution < -0.4 is 5.32 Å². The van der Waals surface area contributed by atoms with Gasteiger partial charge in [0.2, 0.25) is 0 Å². The molecule has 1 saturated heterocycles. The lowest BCUT2D eigenvalue weighted by Crippen LogP contribution is -2.44. The van der Waals surface area contributed by atoms with E-state index in [-0.39, 0.29) is 17.7 Å². The van der Waals surface area contributed by atoms with Crippen molar-refractivity contribution in [2.45, 2.75) is 52.1 Å². The lowest BCUT2D eigenvalue weighted by molar-refractivity contribution is -0.140. The second-order valence-corrected chi connectivity index (χ2v) is 6.30. The summed E-state index contributed by atoms with van der Waals surface area (Å²) in [6.45, 7) is 7.85. The molecule has 2 heterocycles. The molecular formula is C17H26N2O4. The van der Waals surface area contributed by atoms with Crippen molar-refractivity contribution >= 4 is 11.9 Å². The highest BCUT2D eigenvalue weighted by molar-refractivity contribution is 5.94. The Balaban J connectivity index is 2.04. The summed E-state index contributed by atoms with van der Waals surface area (Å²) in [4.78, 5) is 25.9. The number of carbonyl (C=O) groups is 2. The molecule has 1 fully saturated rings. The maximum Gasteiger partial charge on any atom is 0.326 e. The number of carboxylic acids is 1. The summed E-state index contributed by atoms with van der Waals surface area (Å²) in [6.07, 6.45) is 3.05. The molecule has 6 heteroatoms. The molecule has 1 aromatic heterocycles. The molecule has 0 spiro atoms. The first-order chi connectivity index (χ1) is 10.9. The molecule has 1 aliphatic rings. The standard InChI is InChI=1S/C17H26N2O4/c1-4-11(2)15(17(21)22)18-16(20)14-8-7-13(23-14)12(3)19-9-5-6-10-19/h7-8,11-12,15H,4-6,9-10H2,1-3H3,(H,18,20)(H,21,22). The molecule has 1 amide bonds. The Morgan fingerprint density at radius 1 is 1.30 bits per heavy atom. The number of amides is 1. The third kappa shape index (κ3) is 4.13. The van der Waals surface area contributed by atoms with Crippen molar-refractivity contribution in [3.8, 4) is 0 Å². The Morgan fingerprint density at radius 3 is 2.52 bits per heavy atom. The van der Waals surface area contributed by atoms with Gasteiger partial charge < -0.3 is 14.8 Å². The molecule has 1 aromatic rings. The maximum atomic E-state index is 12.3. The fraction of sp³-hybridized carbons (Fsp3) is 0.647. The van der Waals surface area contributed by atoms with Crippen molar-refractivity contribution < 1.29 is 19.1 Å². The third-order valence-corrected chi connectivity index (χ3v) is 4.72. The van der Waals surface area contributed by atoms with E-state index in [0.717, 1.165) is 18.8 Å². The predicted octanol–water partition coefficient (Wildman–Crippen LogP) is 2.67. The SMILES string of the molecule is CCC(C)C(NC(=O)c1ccc(C(C)N2CCCC2)o1)C(=O)O. The topological polar surface area (TPSA) is 82.8 Å². The second kappa shape index (κ2) is 7.64. The molecule has 3 atom stereocenters. The Bertz CT molecular complexity index is 549. The monoisotopic (exact) mass is 322 g/mol. The molecule has 0 bridgehead atoms. The lowest BCUT2D eigenvalue weighted by atomic mass is 9.99. The quantitative estimate of drug-likeness (QED) is 0.806. The number of nitrogens with zero attached hydrogens (tertiary/aromatic N) is 1. The summed E-state index contributed by atoms with van der Waals surface area (Å²) in [7, 11) is 0. The van der Waals surface area contributed by atoms with E-state index in [1.165, 1.54) is 12.8 Å². The Labute approximate surface area is 136 Å². The molecule has 0 aliphatic carbocycles. The molecule has 128 valence electrons. The number of rotatable bonds is 7. The van der Waals surface area contributed by atoms with Crippen LogP contribution in [-0.2, 0) is 4.79 Å². The number of carbonyl (C=O) groups excluding carboxylic acids is 1. The van der Waals surface area contributed by atoms with Crippen LogP contribution in [-0.4, -0.2) is 41.0 Å². The molecule has 6 nitrogen and oxygen atoms in total. The lowest BCUT2D eigenvalue weighted by Gasteiger charge is -2.21. The normalized spacial score (nSPS) is 19.3. The van der Waals surface area contributed by atoms with Crippen molar-refractivity contribution in [3.05, 3.63) is 23.7 Å². The van der Waals surface area contributed by atoms with Gasteiger partial charge in [-0.15, -0.1) is 0 Å².